The third-order valence-corrected chi connectivity index (χ3v) is 4.47. The van der Waals surface area contributed by atoms with Gasteiger partial charge in [0.05, 0.1) is 20.4 Å². The summed E-state index contributed by atoms with van der Waals surface area (Å²) < 4.78 is 41.2. The predicted molar refractivity (Wildman–Crippen MR) is 82.6 cm³/mol. The Kier molecular flexibility index (Phi) is 4.86. The van der Waals surface area contributed by atoms with Gasteiger partial charge in [0.25, 0.3) is 0 Å². The second-order valence-electron chi connectivity index (χ2n) is 4.68. The number of carbonyl (C=O) groups is 1. The Labute approximate surface area is 140 Å². The fourth-order valence-electron chi connectivity index (χ4n) is 1.79. The topological polar surface area (TPSA) is 104 Å². The molecule has 0 unspecified atom stereocenters. The SMILES string of the molecule is CS(=O)(=O)c1cc(C(=O)Oc2cc(F)ccc2[N+](=O)[O-])ccc1Cl. The lowest BCUT2D eigenvalue weighted by molar-refractivity contribution is -0.385. The molecule has 7 nitrogen and oxygen atoms in total. The average Bonchev–Trinajstić information content (AvgIpc) is 2.46. The Bertz CT molecular complexity index is 944. The molecule has 0 fully saturated rings. The number of halogens is 2. The van der Waals surface area contributed by atoms with Crippen LogP contribution in [0.2, 0.25) is 5.02 Å². The van der Waals surface area contributed by atoms with Gasteiger partial charge in [-0.15, -0.1) is 0 Å². The van der Waals surface area contributed by atoms with Crippen molar-refractivity contribution in [3.63, 3.8) is 0 Å². The quantitative estimate of drug-likeness (QED) is 0.353. The van der Waals surface area contributed by atoms with Crippen molar-refractivity contribution in [3.05, 3.63) is 62.9 Å². The molecule has 0 spiro atoms. The summed E-state index contributed by atoms with van der Waals surface area (Å²) in [6.07, 6.45) is 0.904. The van der Waals surface area contributed by atoms with E-state index in [0.717, 1.165) is 24.5 Å². The van der Waals surface area contributed by atoms with Crippen LogP contribution in [0.25, 0.3) is 0 Å². The van der Waals surface area contributed by atoms with E-state index in [1.165, 1.54) is 12.1 Å². The number of ether oxygens (including phenoxy) is 1. The van der Waals surface area contributed by atoms with Crippen LogP contribution in [-0.2, 0) is 9.84 Å². The minimum atomic E-state index is -3.70. The van der Waals surface area contributed by atoms with Crippen molar-refractivity contribution >= 4 is 33.1 Å². The molecule has 0 N–H and O–H groups in total. The fourth-order valence-corrected chi connectivity index (χ4v) is 3.10. The Morgan fingerprint density at radius 3 is 2.50 bits per heavy atom. The lowest BCUT2D eigenvalue weighted by atomic mass is 10.2. The average molecular weight is 374 g/mol. The van der Waals surface area contributed by atoms with E-state index >= 15 is 0 Å². The first-order valence-electron chi connectivity index (χ1n) is 6.25. The highest BCUT2D eigenvalue weighted by molar-refractivity contribution is 7.90. The van der Waals surface area contributed by atoms with E-state index < -0.39 is 38.0 Å². The van der Waals surface area contributed by atoms with E-state index in [0.29, 0.717) is 6.07 Å². The van der Waals surface area contributed by atoms with Crippen molar-refractivity contribution in [2.75, 3.05) is 6.26 Å². The van der Waals surface area contributed by atoms with Crippen molar-refractivity contribution in [2.45, 2.75) is 4.90 Å². The largest absolute Gasteiger partial charge is 0.415 e. The van der Waals surface area contributed by atoms with Crippen LogP contribution in [0.15, 0.2) is 41.3 Å². The third-order valence-electron chi connectivity index (χ3n) is 2.89. The van der Waals surface area contributed by atoms with Gasteiger partial charge in [-0.3, -0.25) is 10.1 Å². The molecule has 0 saturated carbocycles. The third kappa shape index (κ3) is 3.87. The normalized spacial score (nSPS) is 11.1. The van der Waals surface area contributed by atoms with Crippen LogP contribution in [0, 0.1) is 15.9 Å². The molecule has 2 rings (SSSR count). The van der Waals surface area contributed by atoms with E-state index in [9.17, 15) is 27.7 Å². The maximum atomic E-state index is 13.2. The molecule has 2 aromatic carbocycles. The van der Waals surface area contributed by atoms with Crippen LogP contribution in [0.4, 0.5) is 10.1 Å². The van der Waals surface area contributed by atoms with Gasteiger partial charge in [-0.2, -0.15) is 0 Å². The molecule has 0 amide bonds. The molecule has 24 heavy (non-hydrogen) atoms. The highest BCUT2D eigenvalue weighted by atomic mass is 35.5. The molecular weight excluding hydrogens is 365 g/mol. The molecule has 0 atom stereocenters. The van der Waals surface area contributed by atoms with Crippen LogP contribution in [0.3, 0.4) is 0 Å². The number of esters is 1. The predicted octanol–water partition coefficient (Wildman–Crippen LogP) is 3.01. The van der Waals surface area contributed by atoms with Crippen molar-refractivity contribution in [1.29, 1.82) is 0 Å². The molecule has 0 saturated heterocycles. The van der Waals surface area contributed by atoms with E-state index in [1.54, 1.807) is 0 Å². The minimum Gasteiger partial charge on any atom is -0.415 e. The van der Waals surface area contributed by atoms with Crippen molar-refractivity contribution in [3.8, 4) is 5.75 Å². The van der Waals surface area contributed by atoms with E-state index in [4.69, 9.17) is 16.3 Å². The number of nitro groups is 1. The van der Waals surface area contributed by atoms with Crippen molar-refractivity contribution < 1.29 is 27.3 Å². The molecule has 0 bridgehead atoms. The van der Waals surface area contributed by atoms with E-state index in [2.05, 4.69) is 0 Å². The van der Waals surface area contributed by atoms with Gasteiger partial charge in [-0.1, -0.05) is 11.6 Å². The summed E-state index contributed by atoms with van der Waals surface area (Å²) in [6, 6.07) is 5.72. The molecule has 2 aromatic rings. The Morgan fingerprint density at radius 1 is 1.25 bits per heavy atom. The molecule has 0 aliphatic rings. The molecule has 126 valence electrons. The lowest BCUT2D eigenvalue weighted by Crippen LogP contribution is -2.11. The second-order valence-corrected chi connectivity index (χ2v) is 7.07. The maximum absolute atomic E-state index is 13.2. The molecule has 0 radical (unpaired) electrons. The number of rotatable bonds is 4. The van der Waals surface area contributed by atoms with Crippen molar-refractivity contribution in [2.24, 2.45) is 0 Å². The highest BCUT2D eigenvalue weighted by Crippen LogP contribution is 2.29. The highest BCUT2D eigenvalue weighted by Gasteiger charge is 2.21. The molecule has 0 aliphatic heterocycles. The van der Waals surface area contributed by atoms with E-state index in [-0.39, 0.29) is 15.5 Å². The summed E-state index contributed by atoms with van der Waals surface area (Å²) in [4.78, 5) is 21.8. The smallest absolute Gasteiger partial charge is 0.343 e. The zero-order valence-electron chi connectivity index (χ0n) is 12.0. The number of hydrogen-bond donors (Lipinski definition) is 0. The van der Waals surface area contributed by atoms with Crippen LogP contribution < -0.4 is 4.74 Å². The van der Waals surface area contributed by atoms with Gasteiger partial charge in [0.2, 0.25) is 5.75 Å². The monoisotopic (exact) mass is 373 g/mol. The van der Waals surface area contributed by atoms with Gasteiger partial charge in [0.1, 0.15) is 5.82 Å². The van der Waals surface area contributed by atoms with Gasteiger partial charge in [0, 0.05) is 18.4 Å². The first-order chi connectivity index (χ1) is 11.1. The van der Waals surface area contributed by atoms with Gasteiger partial charge < -0.3 is 4.74 Å². The molecule has 0 heterocycles. The van der Waals surface area contributed by atoms with Gasteiger partial charge >= 0.3 is 11.7 Å². The minimum absolute atomic E-state index is 0.0919. The maximum Gasteiger partial charge on any atom is 0.343 e. The van der Waals surface area contributed by atoms with Gasteiger partial charge in [-0.25, -0.2) is 17.6 Å². The summed E-state index contributed by atoms with van der Waals surface area (Å²) in [5.74, 6) is -2.53. The van der Waals surface area contributed by atoms with E-state index in [1.807, 2.05) is 0 Å². The standard InChI is InChI=1S/C14H9ClFNO6S/c1-24(21,22)13-6-8(2-4-10(13)15)14(18)23-12-7-9(16)3-5-11(12)17(19)20/h2-7H,1H3. The summed E-state index contributed by atoms with van der Waals surface area (Å²) in [5, 5.41) is 10.8. The summed E-state index contributed by atoms with van der Waals surface area (Å²) in [5.41, 5.74) is -0.819. The molecule has 10 heteroatoms. The first kappa shape index (κ1) is 17.8. The number of nitrogens with zero attached hydrogens (tertiary/aromatic N) is 1. The molecular formula is C14H9ClFNO6S. The summed E-state index contributed by atoms with van der Waals surface area (Å²) in [7, 11) is -3.70. The van der Waals surface area contributed by atoms with Crippen LogP contribution >= 0.6 is 11.6 Å². The Hall–Kier alpha value is -2.52. The summed E-state index contributed by atoms with van der Waals surface area (Å²) in [6.45, 7) is 0. The second kappa shape index (κ2) is 6.54. The number of sulfone groups is 1. The van der Waals surface area contributed by atoms with Gasteiger partial charge in [-0.05, 0) is 24.3 Å². The molecule has 0 aliphatic carbocycles. The van der Waals surface area contributed by atoms with Crippen LogP contribution in [-0.4, -0.2) is 25.6 Å². The van der Waals surface area contributed by atoms with Crippen molar-refractivity contribution in [1.82, 2.24) is 0 Å². The lowest BCUT2D eigenvalue weighted by Gasteiger charge is -2.07. The zero-order valence-corrected chi connectivity index (χ0v) is 13.6. The molecule has 0 aromatic heterocycles. The zero-order chi connectivity index (χ0) is 18.1. The number of nitro benzene ring substituents is 1. The number of hydrogen-bond acceptors (Lipinski definition) is 6. The van der Waals surface area contributed by atoms with Gasteiger partial charge in [0.15, 0.2) is 9.84 Å². The first-order valence-corrected chi connectivity index (χ1v) is 8.52. The number of carbonyl (C=O) groups excluding carboxylic acids is 1. The summed E-state index contributed by atoms with van der Waals surface area (Å²) >= 11 is 5.76. The Morgan fingerprint density at radius 2 is 1.92 bits per heavy atom. The fraction of sp³-hybridized carbons (Fsp3) is 0.0714. The van der Waals surface area contributed by atoms with Crippen LogP contribution in [0.5, 0.6) is 5.75 Å². The number of benzene rings is 2. The Balaban J connectivity index is 2.42. The van der Waals surface area contributed by atoms with Crippen LogP contribution in [0.1, 0.15) is 10.4 Å².